The van der Waals surface area contributed by atoms with E-state index in [4.69, 9.17) is 19.0 Å². The predicted molar refractivity (Wildman–Crippen MR) is 129 cm³/mol. The molecule has 3 heterocycles. The van der Waals surface area contributed by atoms with Gasteiger partial charge in [-0.25, -0.2) is 4.98 Å². The van der Waals surface area contributed by atoms with Crippen LogP contribution in [0.1, 0.15) is 34.6 Å². The van der Waals surface area contributed by atoms with Crippen LogP contribution in [0.2, 0.25) is 0 Å². The average Bonchev–Trinajstić information content (AvgIpc) is 3.15. The van der Waals surface area contributed by atoms with Gasteiger partial charge in [0.15, 0.2) is 5.65 Å². The van der Waals surface area contributed by atoms with Gasteiger partial charge in [0.25, 0.3) is 0 Å². The second-order valence-electron chi connectivity index (χ2n) is 8.09. The third-order valence-electron chi connectivity index (χ3n) is 5.71. The molecule has 0 N–H and O–H groups in total. The van der Waals surface area contributed by atoms with Crippen LogP contribution < -0.4 is 10.2 Å². The van der Waals surface area contributed by atoms with E-state index in [1.807, 2.05) is 31.3 Å². The molecular weight excluding hydrogens is 498 g/mol. The van der Waals surface area contributed by atoms with E-state index < -0.39 is 7.12 Å². The molecule has 0 atom stereocenters. The molecule has 0 radical (unpaired) electrons. The van der Waals surface area contributed by atoms with E-state index in [2.05, 4.69) is 71.2 Å². The third kappa shape index (κ3) is 3.69. The summed E-state index contributed by atoms with van der Waals surface area (Å²) >= 11 is 2.27. The number of hydrogen-bond acceptors (Lipinski definition) is 5. The van der Waals surface area contributed by atoms with Gasteiger partial charge in [0.2, 0.25) is 0 Å². The van der Waals surface area contributed by atoms with Gasteiger partial charge in [0.05, 0.1) is 17.8 Å². The highest BCUT2D eigenvalue weighted by Gasteiger charge is 2.51. The molecule has 0 unspecified atom stereocenters. The van der Waals surface area contributed by atoms with Crippen LogP contribution >= 0.6 is 30.3 Å². The zero-order valence-corrected chi connectivity index (χ0v) is 20.2. The Bertz CT molecular complexity index is 1040. The lowest BCUT2D eigenvalue weighted by atomic mass is 9.79. The lowest BCUT2D eigenvalue weighted by Gasteiger charge is -2.32. The second kappa shape index (κ2) is 7.79. The highest BCUT2D eigenvalue weighted by atomic mass is 127. The summed E-state index contributed by atoms with van der Waals surface area (Å²) in [5.74, 6) is 0.869. The number of benzene rings is 1. The maximum absolute atomic E-state index is 6.24. The Labute approximate surface area is 188 Å². The van der Waals surface area contributed by atoms with Crippen molar-refractivity contribution in [2.75, 3.05) is 6.61 Å². The third-order valence-corrected chi connectivity index (χ3v) is 7.41. The molecule has 0 amide bonds. The Hall–Kier alpha value is -1.23. The molecule has 1 fully saturated rings. The van der Waals surface area contributed by atoms with Crippen molar-refractivity contribution >= 4 is 53.9 Å². The largest absolute Gasteiger partial charge is 0.496 e. The zero-order valence-electron chi connectivity index (χ0n) is 17.2. The van der Waals surface area contributed by atoms with Crippen molar-refractivity contribution in [3.05, 3.63) is 42.7 Å². The number of fused-ring (bicyclic) bond motifs is 1. The summed E-state index contributed by atoms with van der Waals surface area (Å²) < 4.78 is 20.4. The van der Waals surface area contributed by atoms with Gasteiger partial charge in [-0.15, -0.1) is 0 Å². The molecule has 8 heteroatoms. The van der Waals surface area contributed by atoms with Crippen molar-refractivity contribution in [3.8, 4) is 16.9 Å². The molecule has 0 spiro atoms. The Morgan fingerprint density at radius 3 is 2.48 bits per heavy atom. The first-order valence-corrected chi connectivity index (χ1v) is 13.0. The van der Waals surface area contributed by atoms with Gasteiger partial charge in [-0.1, -0.05) is 18.2 Å². The molecule has 3 aromatic rings. The van der Waals surface area contributed by atoms with Gasteiger partial charge in [0, 0.05) is 64.7 Å². The first-order chi connectivity index (χ1) is 13.8. The Morgan fingerprint density at radius 1 is 1.14 bits per heavy atom. The van der Waals surface area contributed by atoms with E-state index >= 15 is 0 Å². The van der Waals surface area contributed by atoms with Gasteiger partial charge in [0.1, 0.15) is 5.75 Å². The number of pyridine rings is 1. The summed E-state index contributed by atoms with van der Waals surface area (Å²) in [7, 11) is 1.15. The summed E-state index contributed by atoms with van der Waals surface area (Å²) in [6, 6.07) is 10.2. The smallest absolute Gasteiger partial charge is 0.493 e. The molecule has 1 aliphatic heterocycles. The maximum atomic E-state index is 6.24. The quantitative estimate of drug-likeness (QED) is 0.339. The standard InChI is InChI=1S/C21H24BIN2O3S/c1-6-26-18-10-8-7-9-15(18)17-13-25(29-23)19-16(17)11-14(12-24-19)22-27-20(2,3)21(4,5)28-22/h7-13H,6H2,1-5H3. The molecule has 0 aliphatic carbocycles. The summed E-state index contributed by atoms with van der Waals surface area (Å²) in [5.41, 5.74) is 3.19. The highest BCUT2D eigenvalue weighted by Crippen LogP contribution is 2.39. The monoisotopic (exact) mass is 522 g/mol. The fourth-order valence-corrected chi connectivity index (χ4v) is 4.70. The van der Waals surface area contributed by atoms with Crippen LogP contribution in [0.3, 0.4) is 0 Å². The van der Waals surface area contributed by atoms with E-state index in [0.717, 1.165) is 33.4 Å². The minimum Gasteiger partial charge on any atom is -0.493 e. The number of rotatable bonds is 5. The number of para-hydroxylation sites is 1. The molecule has 4 rings (SSSR count). The van der Waals surface area contributed by atoms with Gasteiger partial charge < -0.3 is 14.0 Å². The Kier molecular flexibility index (Phi) is 5.65. The first kappa shape index (κ1) is 21.0. The molecule has 152 valence electrons. The molecule has 1 aliphatic rings. The van der Waals surface area contributed by atoms with Gasteiger partial charge >= 0.3 is 7.12 Å². The SMILES string of the molecule is CCOc1ccccc1-c1cn(SI)c2ncc(B3OC(C)(C)C(C)(C)O3)cc12. The van der Waals surface area contributed by atoms with Crippen molar-refractivity contribution < 1.29 is 14.0 Å². The van der Waals surface area contributed by atoms with E-state index in [1.165, 1.54) is 0 Å². The van der Waals surface area contributed by atoms with Gasteiger partial charge in [-0.3, -0.25) is 3.97 Å². The zero-order chi connectivity index (χ0) is 20.8. The van der Waals surface area contributed by atoms with Crippen molar-refractivity contribution in [2.45, 2.75) is 45.8 Å². The number of halogens is 1. The van der Waals surface area contributed by atoms with E-state index in [0.29, 0.717) is 6.61 Å². The topological polar surface area (TPSA) is 45.5 Å². The second-order valence-corrected chi connectivity index (χ2v) is 9.81. The van der Waals surface area contributed by atoms with E-state index in [-0.39, 0.29) is 11.2 Å². The normalized spacial score (nSPS) is 17.8. The predicted octanol–water partition coefficient (Wildman–Crippen LogP) is 5.25. The van der Waals surface area contributed by atoms with Crippen LogP contribution in [0.5, 0.6) is 5.75 Å². The Morgan fingerprint density at radius 2 is 1.83 bits per heavy atom. The van der Waals surface area contributed by atoms with E-state index in [1.54, 1.807) is 9.12 Å². The summed E-state index contributed by atoms with van der Waals surface area (Å²) in [6.07, 6.45) is 3.96. The van der Waals surface area contributed by atoms with E-state index in [9.17, 15) is 0 Å². The molecular formula is C21H24BIN2O3S. The fourth-order valence-electron chi connectivity index (χ4n) is 3.44. The van der Waals surface area contributed by atoms with Crippen LogP contribution in [-0.2, 0) is 9.31 Å². The number of aromatic nitrogens is 2. The minimum absolute atomic E-state index is 0.388. The highest BCUT2D eigenvalue weighted by molar-refractivity contribution is 14.2. The minimum atomic E-state index is -0.442. The van der Waals surface area contributed by atoms with Crippen LogP contribution in [0.25, 0.3) is 22.2 Å². The van der Waals surface area contributed by atoms with Crippen molar-refractivity contribution in [1.82, 2.24) is 8.96 Å². The maximum Gasteiger partial charge on any atom is 0.496 e. The van der Waals surface area contributed by atoms with Crippen LogP contribution in [0.15, 0.2) is 42.7 Å². The van der Waals surface area contributed by atoms with Crippen LogP contribution in [-0.4, -0.2) is 33.9 Å². The number of ether oxygens (including phenoxy) is 1. The fraction of sp³-hybridized carbons (Fsp3) is 0.381. The van der Waals surface area contributed by atoms with Gasteiger partial charge in [-0.2, -0.15) is 0 Å². The lowest BCUT2D eigenvalue weighted by molar-refractivity contribution is 0.00578. The molecule has 0 bridgehead atoms. The molecule has 29 heavy (non-hydrogen) atoms. The summed E-state index contributed by atoms with van der Waals surface area (Å²) in [4.78, 5) is 4.75. The first-order valence-electron chi connectivity index (χ1n) is 9.65. The van der Waals surface area contributed by atoms with Crippen molar-refractivity contribution in [3.63, 3.8) is 0 Å². The average molecular weight is 522 g/mol. The molecule has 1 aromatic carbocycles. The number of hydrogen-bond donors (Lipinski definition) is 0. The van der Waals surface area contributed by atoms with Crippen LogP contribution in [0, 0.1) is 0 Å². The van der Waals surface area contributed by atoms with Crippen molar-refractivity contribution in [2.24, 2.45) is 0 Å². The molecule has 2 aromatic heterocycles. The summed E-state index contributed by atoms with van der Waals surface area (Å²) in [6.45, 7) is 10.9. The Balaban J connectivity index is 1.84. The van der Waals surface area contributed by atoms with Crippen LogP contribution in [0.4, 0.5) is 0 Å². The molecule has 5 nitrogen and oxygen atoms in total. The summed E-state index contributed by atoms with van der Waals surface area (Å²) in [5, 5.41) is 1.05. The molecule has 1 saturated heterocycles. The van der Waals surface area contributed by atoms with Gasteiger partial charge in [-0.05, 0) is 46.8 Å². The molecule has 0 saturated carbocycles. The van der Waals surface area contributed by atoms with Crippen molar-refractivity contribution in [1.29, 1.82) is 0 Å². The number of nitrogens with zero attached hydrogens (tertiary/aromatic N) is 2. The lowest BCUT2D eigenvalue weighted by Crippen LogP contribution is -2.41.